The van der Waals surface area contributed by atoms with Gasteiger partial charge >= 0.3 is 0 Å². The lowest BCUT2D eigenvalue weighted by atomic mass is 10.1. The van der Waals surface area contributed by atoms with Gasteiger partial charge in [0.25, 0.3) is 0 Å². The van der Waals surface area contributed by atoms with E-state index in [-0.39, 0.29) is 0 Å². The lowest BCUT2D eigenvalue weighted by molar-refractivity contribution is 0.0818. The van der Waals surface area contributed by atoms with E-state index in [0.29, 0.717) is 6.10 Å². The normalized spacial score (nSPS) is 16.8. The number of hydrogen-bond donors (Lipinski definition) is 0. The number of fused-ring (bicyclic) bond motifs is 1. The van der Waals surface area contributed by atoms with E-state index in [1.54, 1.807) is 7.11 Å². The molecule has 20 heavy (non-hydrogen) atoms. The maximum Gasteiger partial charge on any atom is 0.133 e. The van der Waals surface area contributed by atoms with Gasteiger partial charge in [-0.3, -0.25) is 0 Å². The fourth-order valence-electron chi connectivity index (χ4n) is 2.82. The molecule has 1 aliphatic heterocycles. The number of hydrogen-bond acceptors (Lipinski definition) is 3. The van der Waals surface area contributed by atoms with E-state index in [1.807, 2.05) is 6.07 Å². The molecular formula is C16H19BrN2O. The highest BCUT2D eigenvalue weighted by Gasteiger charge is 2.21. The van der Waals surface area contributed by atoms with E-state index in [0.717, 1.165) is 42.6 Å². The van der Waals surface area contributed by atoms with Gasteiger partial charge in [-0.2, -0.15) is 0 Å². The van der Waals surface area contributed by atoms with Gasteiger partial charge in [0.2, 0.25) is 0 Å². The Kier molecular flexibility index (Phi) is 4.22. The van der Waals surface area contributed by atoms with Crippen LogP contribution in [0.4, 0.5) is 5.82 Å². The third-order valence-corrected chi connectivity index (χ3v) is 4.60. The summed E-state index contributed by atoms with van der Waals surface area (Å²) in [5.74, 6) is 1.12. The highest BCUT2D eigenvalue weighted by atomic mass is 79.9. The molecule has 3 nitrogen and oxygen atoms in total. The van der Waals surface area contributed by atoms with E-state index in [1.165, 1.54) is 10.9 Å². The number of anilines is 1. The molecule has 2 heterocycles. The van der Waals surface area contributed by atoms with Gasteiger partial charge in [-0.25, -0.2) is 4.98 Å². The second kappa shape index (κ2) is 6.10. The van der Waals surface area contributed by atoms with Crippen molar-refractivity contribution in [2.24, 2.45) is 0 Å². The number of ether oxygens (including phenoxy) is 1. The van der Waals surface area contributed by atoms with Crippen LogP contribution in [0, 0.1) is 0 Å². The largest absolute Gasteiger partial charge is 0.381 e. The quantitative estimate of drug-likeness (QED) is 0.799. The maximum atomic E-state index is 5.45. The summed E-state index contributed by atoms with van der Waals surface area (Å²) in [5, 5.41) is 2.04. The van der Waals surface area contributed by atoms with E-state index >= 15 is 0 Å². The number of aromatic nitrogens is 1. The van der Waals surface area contributed by atoms with Crippen molar-refractivity contribution in [1.82, 2.24) is 4.98 Å². The first-order chi connectivity index (χ1) is 9.81. The van der Waals surface area contributed by atoms with Gasteiger partial charge < -0.3 is 9.64 Å². The van der Waals surface area contributed by atoms with Crippen molar-refractivity contribution in [1.29, 1.82) is 0 Å². The predicted molar refractivity (Wildman–Crippen MR) is 86.6 cm³/mol. The fraction of sp³-hybridized carbons (Fsp3) is 0.438. The first-order valence-corrected chi connectivity index (χ1v) is 8.16. The maximum absolute atomic E-state index is 5.45. The van der Waals surface area contributed by atoms with E-state index in [9.17, 15) is 0 Å². The van der Waals surface area contributed by atoms with E-state index in [2.05, 4.69) is 45.1 Å². The molecule has 0 N–H and O–H groups in total. The molecule has 1 saturated heterocycles. The molecule has 0 amide bonds. The number of halogens is 1. The van der Waals surface area contributed by atoms with Gasteiger partial charge in [0.05, 0.1) is 11.6 Å². The number of piperidine rings is 1. The summed E-state index contributed by atoms with van der Waals surface area (Å²) in [6.07, 6.45) is 2.55. The molecule has 0 spiro atoms. The SMILES string of the molecule is COC1CCN(c2nc3ccccc3cc2CBr)CC1. The number of benzene rings is 1. The minimum absolute atomic E-state index is 0.402. The zero-order valence-electron chi connectivity index (χ0n) is 11.7. The average Bonchev–Trinajstić information content (AvgIpc) is 2.53. The van der Waals surface area contributed by atoms with Crippen LogP contribution in [0.5, 0.6) is 0 Å². The van der Waals surface area contributed by atoms with Gasteiger partial charge in [0, 0.05) is 36.5 Å². The van der Waals surface area contributed by atoms with Crippen LogP contribution in [0.2, 0.25) is 0 Å². The molecule has 0 bridgehead atoms. The number of alkyl halides is 1. The molecule has 1 fully saturated rings. The van der Waals surface area contributed by atoms with Crippen LogP contribution in [0.3, 0.4) is 0 Å². The second-order valence-corrected chi connectivity index (χ2v) is 5.78. The van der Waals surface area contributed by atoms with Crippen LogP contribution in [-0.4, -0.2) is 31.3 Å². The monoisotopic (exact) mass is 334 g/mol. The van der Waals surface area contributed by atoms with Gasteiger partial charge in [-0.15, -0.1) is 0 Å². The summed E-state index contributed by atoms with van der Waals surface area (Å²) in [5.41, 5.74) is 2.33. The molecule has 3 rings (SSSR count). The van der Waals surface area contributed by atoms with Crippen molar-refractivity contribution in [3.63, 3.8) is 0 Å². The van der Waals surface area contributed by atoms with Crippen LogP contribution >= 0.6 is 15.9 Å². The second-order valence-electron chi connectivity index (χ2n) is 5.22. The number of nitrogens with zero attached hydrogens (tertiary/aromatic N) is 2. The van der Waals surface area contributed by atoms with Crippen LogP contribution in [0.1, 0.15) is 18.4 Å². The summed E-state index contributed by atoms with van der Waals surface area (Å²) in [6, 6.07) is 10.6. The number of rotatable bonds is 3. The molecular weight excluding hydrogens is 316 g/mol. The van der Waals surface area contributed by atoms with Gasteiger partial charge in [-0.05, 0) is 25.0 Å². The van der Waals surface area contributed by atoms with E-state index in [4.69, 9.17) is 9.72 Å². The first kappa shape index (κ1) is 13.8. The highest BCUT2D eigenvalue weighted by molar-refractivity contribution is 9.08. The summed E-state index contributed by atoms with van der Waals surface area (Å²) in [4.78, 5) is 7.26. The molecule has 2 aromatic rings. The Balaban J connectivity index is 1.94. The van der Waals surface area contributed by atoms with Crippen LogP contribution in [0.25, 0.3) is 10.9 Å². The molecule has 1 aromatic carbocycles. The zero-order chi connectivity index (χ0) is 13.9. The predicted octanol–water partition coefficient (Wildman–Crippen LogP) is 3.74. The summed E-state index contributed by atoms with van der Waals surface area (Å²) < 4.78 is 5.45. The lowest BCUT2D eigenvalue weighted by Gasteiger charge is -2.33. The Labute approximate surface area is 128 Å². The molecule has 0 saturated carbocycles. The molecule has 106 valence electrons. The van der Waals surface area contributed by atoms with Crippen molar-refractivity contribution in [2.45, 2.75) is 24.3 Å². The van der Waals surface area contributed by atoms with Crippen LogP contribution in [0.15, 0.2) is 30.3 Å². The number of para-hydroxylation sites is 1. The van der Waals surface area contributed by atoms with Crippen molar-refractivity contribution in [3.05, 3.63) is 35.9 Å². The standard InChI is InChI=1S/C16H19BrN2O/c1-20-14-6-8-19(9-7-14)16-13(11-17)10-12-4-2-3-5-15(12)18-16/h2-5,10,14H,6-9,11H2,1H3. The Morgan fingerprint density at radius 2 is 2.05 bits per heavy atom. The minimum Gasteiger partial charge on any atom is -0.381 e. The van der Waals surface area contributed by atoms with Gasteiger partial charge in [0.1, 0.15) is 5.82 Å². The molecule has 0 aliphatic carbocycles. The molecule has 0 radical (unpaired) electrons. The number of pyridine rings is 1. The lowest BCUT2D eigenvalue weighted by Crippen LogP contribution is -2.37. The molecule has 1 aromatic heterocycles. The summed E-state index contributed by atoms with van der Waals surface area (Å²) in [7, 11) is 1.80. The van der Waals surface area contributed by atoms with Crippen molar-refractivity contribution < 1.29 is 4.74 Å². The third-order valence-electron chi connectivity index (χ3n) is 4.00. The fourth-order valence-corrected chi connectivity index (χ4v) is 3.24. The summed E-state index contributed by atoms with van der Waals surface area (Å²) in [6.45, 7) is 2.04. The zero-order valence-corrected chi connectivity index (χ0v) is 13.3. The first-order valence-electron chi connectivity index (χ1n) is 7.04. The highest BCUT2D eigenvalue weighted by Crippen LogP contribution is 2.28. The Morgan fingerprint density at radius 1 is 1.30 bits per heavy atom. The molecule has 1 aliphatic rings. The van der Waals surface area contributed by atoms with Gasteiger partial charge in [-0.1, -0.05) is 34.1 Å². The molecule has 4 heteroatoms. The Hall–Kier alpha value is -1.13. The van der Waals surface area contributed by atoms with E-state index < -0.39 is 0 Å². The van der Waals surface area contributed by atoms with Crippen molar-refractivity contribution >= 4 is 32.7 Å². The topological polar surface area (TPSA) is 25.4 Å². The van der Waals surface area contributed by atoms with Crippen molar-refractivity contribution in [3.8, 4) is 0 Å². The Bertz CT molecular complexity index is 594. The van der Waals surface area contributed by atoms with Crippen molar-refractivity contribution in [2.75, 3.05) is 25.1 Å². The molecule has 0 unspecified atom stereocenters. The molecule has 0 atom stereocenters. The van der Waals surface area contributed by atoms with Crippen LogP contribution in [-0.2, 0) is 10.1 Å². The Morgan fingerprint density at radius 3 is 2.75 bits per heavy atom. The average molecular weight is 335 g/mol. The summed E-state index contributed by atoms with van der Waals surface area (Å²) >= 11 is 3.59. The minimum atomic E-state index is 0.402. The third kappa shape index (κ3) is 2.67. The van der Waals surface area contributed by atoms with Gasteiger partial charge in [0.15, 0.2) is 0 Å². The smallest absolute Gasteiger partial charge is 0.133 e. The van der Waals surface area contributed by atoms with Crippen LogP contribution < -0.4 is 4.90 Å². The number of methoxy groups -OCH3 is 1.